The molecule has 0 heterocycles. The van der Waals surface area contributed by atoms with Crippen LogP contribution in [0.4, 0.5) is 0 Å². The number of hydrogen-bond donors (Lipinski definition) is 0. The van der Waals surface area contributed by atoms with E-state index in [9.17, 15) is 0 Å². The summed E-state index contributed by atoms with van der Waals surface area (Å²) in [6, 6.07) is 7.26. The molecule has 0 spiro atoms. The third kappa shape index (κ3) is 6.80. The van der Waals surface area contributed by atoms with Gasteiger partial charge in [-0.3, -0.25) is 0 Å². The highest BCUT2D eigenvalue weighted by molar-refractivity contribution is 5.31. The Bertz CT molecular complexity index is 365. The van der Waals surface area contributed by atoms with Crippen LogP contribution in [0.2, 0.25) is 0 Å². The Hall–Kier alpha value is -0.780. The van der Waals surface area contributed by atoms with Crippen LogP contribution in [0.15, 0.2) is 18.2 Å². The second kappa shape index (κ2) is 6.11. The van der Waals surface area contributed by atoms with E-state index in [1.807, 2.05) is 0 Å². The SMILES string of the molecule is CCCc1cc(CC(C)(C)C)cc(CC(C)(C)C)c1. The first kappa shape index (κ1) is 16.3. The molecule has 1 aromatic rings. The van der Waals surface area contributed by atoms with E-state index in [4.69, 9.17) is 0 Å². The summed E-state index contributed by atoms with van der Waals surface area (Å²) in [5, 5.41) is 0. The molecule has 0 aliphatic carbocycles. The van der Waals surface area contributed by atoms with Gasteiger partial charge in [-0.15, -0.1) is 0 Å². The molecule has 0 atom stereocenters. The second-order valence-electron chi connectivity index (χ2n) is 8.38. The molecule has 0 radical (unpaired) electrons. The summed E-state index contributed by atoms with van der Waals surface area (Å²) in [5.41, 5.74) is 5.27. The maximum absolute atomic E-state index is 2.43. The van der Waals surface area contributed by atoms with E-state index >= 15 is 0 Å². The summed E-state index contributed by atoms with van der Waals surface area (Å²) < 4.78 is 0. The predicted octanol–water partition coefficient (Wildman–Crippen LogP) is 5.82. The van der Waals surface area contributed by atoms with Crippen molar-refractivity contribution in [2.45, 2.75) is 74.1 Å². The third-order valence-corrected chi connectivity index (χ3v) is 3.12. The summed E-state index contributed by atoms with van der Waals surface area (Å²) >= 11 is 0. The predicted molar refractivity (Wildman–Crippen MR) is 86.8 cm³/mol. The monoisotopic (exact) mass is 260 g/mol. The normalized spacial score (nSPS) is 12.8. The van der Waals surface area contributed by atoms with E-state index < -0.39 is 0 Å². The Morgan fingerprint density at radius 1 is 0.684 bits per heavy atom. The van der Waals surface area contributed by atoms with Gasteiger partial charge >= 0.3 is 0 Å². The van der Waals surface area contributed by atoms with Crippen LogP contribution in [0.25, 0.3) is 0 Å². The van der Waals surface area contributed by atoms with Crippen LogP contribution in [-0.4, -0.2) is 0 Å². The number of benzene rings is 1. The summed E-state index contributed by atoms with van der Waals surface area (Å²) in [4.78, 5) is 0. The molecule has 108 valence electrons. The molecule has 0 nitrogen and oxygen atoms in total. The second-order valence-corrected chi connectivity index (χ2v) is 8.38. The molecular formula is C19H32. The molecule has 0 aliphatic heterocycles. The summed E-state index contributed by atoms with van der Waals surface area (Å²) in [5.74, 6) is 0. The van der Waals surface area contributed by atoms with Gasteiger partial charge in [0.2, 0.25) is 0 Å². The van der Waals surface area contributed by atoms with Crippen LogP contribution in [-0.2, 0) is 19.3 Å². The van der Waals surface area contributed by atoms with E-state index in [0.29, 0.717) is 10.8 Å². The fraction of sp³-hybridized carbons (Fsp3) is 0.684. The molecule has 19 heavy (non-hydrogen) atoms. The topological polar surface area (TPSA) is 0 Å². The molecule has 0 aliphatic rings. The van der Waals surface area contributed by atoms with Crippen molar-refractivity contribution in [2.24, 2.45) is 10.8 Å². The minimum absolute atomic E-state index is 0.365. The van der Waals surface area contributed by atoms with Crippen molar-refractivity contribution >= 4 is 0 Å². The first-order chi connectivity index (χ1) is 8.59. The van der Waals surface area contributed by atoms with Crippen molar-refractivity contribution in [3.8, 4) is 0 Å². The zero-order valence-corrected chi connectivity index (χ0v) is 14.1. The molecule has 0 saturated carbocycles. The Balaban J connectivity index is 3.03. The fourth-order valence-electron chi connectivity index (χ4n) is 2.70. The van der Waals surface area contributed by atoms with Crippen LogP contribution in [0.3, 0.4) is 0 Å². The van der Waals surface area contributed by atoms with Crippen LogP contribution >= 0.6 is 0 Å². The Labute approximate surface area is 120 Å². The number of hydrogen-bond acceptors (Lipinski definition) is 0. The quantitative estimate of drug-likeness (QED) is 0.640. The lowest BCUT2D eigenvalue weighted by atomic mass is 9.83. The van der Waals surface area contributed by atoms with Crippen molar-refractivity contribution in [1.29, 1.82) is 0 Å². The Morgan fingerprint density at radius 2 is 1.05 bits per heavy atom. The van der Waals surface area contributed by atoms with Crippen molar-refractivity contribution in [3.63, 3.8) is 0 Å². The standard InChI is InChI=1S/C19H32/c1-8-9-15-10-16(13-18(2,3)4)12-17(11-15)14-19(5,6)7/h10-12H,8-9,13-14H2,1-7H3. The lowest BCUT2D eigenvalue weighted by Gasteiger charge is -2.22. The molecule has 0 amide bonds. The molecule has 1 aromatic carbocycles. The number of aryl methyl sites for hydroxylation is 1. The van der Waals surface area contributed by atoms with E-state index in [1.54, 1.807) is 0 Å². The zero-order chi connectivity index (χ0) is 14.7. The van der Waals surface area contributed by atoms with E-state index in [2.05, 4.69) is 66.7 Å². The first-order valence-corrected chi connectivity index (χ1v) is 7.71. The summed E-state index contributed by atoms with van der Waals surface area (Å²) in [6.45, 7) is 16.2. The first-order valence-electron chi connectivity index (χ1n) is 7.71. The lowest BCUT2D eigenvalue weighted by Crippen LogP contribution is -2.12. The van der Waals surface area contributed by atoms with E-state index in [-0.39, 0.29) is 0 Å². The average molecular weight is 260 g/mol. The van der Waals surface area contributed by atoms with Gasteiger partial charge in [0.25, 0.3) is 0 Å². The van der Waals surface area contributed by atoms with Gasteiger partial charge < -0.3 is 0 Å². The van der Waals surface area contributed by atoms with Crippen LogP contribution in [0.5, 0.6) is 0 Å². The molecule has 0 fully saturated rings. The van der Waals surface area contributed by atoms with Crippen LogP contribution in [0, 0.1) is 10.8 Å². The highest BCUT2D eigenvalue weighted by Gasteiger charge is 2.15. The van der Waals surface area contributed by atoms with Gasteiger partial charge in [0.15, 0.2) is 0 Å². The zero-order valence-electron chi connectivity index (χ0n) is 14.1. The van der Waals surface area contributed by atoms with Crippen LogP contribution in [0.1, 0.15) is 71.6 Å². The van der Waals surface area contributed by atoms with Gasteiger partial charge in [-0.1, -0.05) is 73.1 Å². The minimum atomic E-state index is 0.365. The van der Waals surface area contributed by atoms with Gasteiger partial charge in [0, 0.05) is 0 Å². The summed E-state index contributed by atoms with van der Waals surface area (Å²) in [7, 11) is 0. The van der Waals surface area contributed by atoms with Crippen molar-refractivity contribution in [3.05, 3.63) is 34.9 Å². The molecule has 0 saturated heterocycles. The highest BCUT2D eigenvalue weighted by Crippen LogP contribution is 2.26. The van der Waals surface area contributed by atoms with Gasteiger partial charge in [0.1, 0.15) is 0 Å². The largest absolute Gasteiger partial charge is 0.0651 e. The molecule has 0 aromatic heterocycles. The van der Waals surface area contributed by atoms with Gasteiger partial charge in [-0.25, -0.2) is 0 Å². The van der Waals surface area contributed by atoms with E-state index in [1.165, 1.54) is 42.4 Å². The molecule has 1 rings (SSSR count). The van der Waals surface area contributed by atoms with Gasteiger partial charge in [-0.05, 0) is 46.8 Å². The Kier molecular flexibility index (Phi) is 5.24. The Morgan fingerprint density at radius 3 is 1.37 bits per heavy atom. The number of rotatable bonds is 4. The third-order valence-electron chi connectivity index (χ3n) is 3.12. The molecule has 0 N–H and O–H groups in total. The maximum Gasteiger partial charge on any atom is -0.0230 e. The molecule has 0 bridgehead atoms. The highest BCUT2D eigenvalue weighted by atomic mass is 14.2. The molecular weight excluding hydrogens is 228 g/mol. The van der Waals surface area contributed by atoms with Crippen LogP contribution < -0.4 is 0 Å². The maximum atomic E-state index is 2.43. The van der Waals surface area contributed by atoms with Gasteiger partial charge in [0.05, 0.1) is 0 Å². The molecule has 0 unspecified atom stereocenters. The smallest absolute Gasteiger partial charge is 0.0230 e. The lowest BCUT2D eigenvalue weighted by molar-refractivity contribution is 0.405. The fourth-order valence-corrected chi connectivity index (χ4v) is 2.70. The van der Waals surface area contributed by atoms with Crippen molar-refractivity contribution in [2.75, 3.05) is 0 Å². The van der Waals surface area contributed by atoms with Crippen molar-refractivity contribution < 1.29 is 0 Å². The van der Waals surface area contributed by atoms with Gasteiger partial charge in [-0.2, -0.15) is 0 Å². The minimum Gasteiger partial charge on any atom is -0.0651 e. The van der Waals surface area contributed by atoms with Crippen molar-refractivity contribution in [1.82, 2.24) is 0 Å². The van der Waals surface area contributed by atoms with E-state index in [0.717, 1.165) is 0 Å². The summed E-state index contributed by atoms with van der Waals surface area (Å²) in [6.07, 6.45) is 4.77. The average Bonchev–Trinajstić information content (AvgIpc) is 2.11. The molecule has 0 heteroatoms.